The van der Waals surface area contributed by atoms with Gasteiger partial charge in [0.1, 0.15) is 5.69 Å². The van der Waals surface area contributed by atoms with Crippen molar-refractivity contribution in [3.05, 3.63) is 28.0 Å². The SMILES string of the molecule is C[C@@H]1Cc2c(Cl)cc(C(=O)O)nc2CN1. The first-order valence-electron chi connectivity index (χ1n) is 4.73. The van der Waals surface area contributed by atoms with Crippen molar-refractivity contribution in [2.24, 2.45) is 0 Å². The lowest BCUT2D eigenvalue weighted by Crippen LogP contribution is -2.34. The minimum atomic E-state index is -1.04. The van der Waals surface area contributed by atoms with E-state index in [1.165, 1.54) is 6.07 Å². The molecule has 2 heterocycles. The molecule has 0 radical (unpaired) electrons. The standard InChI is InChI=1S/C10H11ClN2O2/c1-5-2-6-7(11)3-8(10(14)15)13-9(6)4-12-5/h3,5,12H,2,4H2,1H3,(H,14,15)/t5-/m1/s1. The van der Waals surface area contributed by atoms with Gasteiger partial charge in [-0.2, -0.15) is 0 Å². The Labute approximate surface area is 92.3 Å². The van der Waals surface area contributed by atoms with E-state index >= 15 is 0 Å². The molecule has 1 aromatic heterocycles. The molecule has 4 nitrogen and oxygen atoms in total. The van der Waals surface area contributed by atoms with Crippen LogP contribution in [0.25, 0.3) is 0 Å². The summed E-state index contributed by atoms with van der Waals surface area (Å²) in [5.41, 5.74) is 1.72. The third kappa shape index (κ3) is 1.96. The van der Waals surface area contributed by atoms with E-state index < -0.39 is 5.97 Å². The van der Waals surface area contributed by atoms with Crippen LogP contribution in [0.1, 0.15) is 28.7 Å². The van der Waals surface area contributed by atoms with Crippen LogP contribution in [0.4, 0.5) is 0 Å². The number of halogens is 1. The van der Waals surface area contributed by atoms with Crippen LogP contribution in [-0.4, -0.2) is 22.1 Å². The minimum absolute atomic E-state index is 0.00935. The molecule has 0 amide bonds. The van der Waals surface area contributed by atoms with Crippen LogP contribution in [0.2, 0.25) is 5.02 Å². The number of aromatic nitrogens is 1. The zero-order valence-corrected chi connectivity index (χ0v) is 9.01. The Morgan fingerprint density at radius 1 is 1.73 bits per heavy atom. The molecule has 0 spiro atoms. The van der Waals surface area contributed by atoms with Gasteiger partial charge in [0.25, 0.3) is 0 Å². The lowest BCUT2D eigenvalue weighted by atomic mass is 10.0. The van der Waals surface area contributed by atoms with Crippen LogP contribution in [-0.2, 0) is 13.0 Å². The highest BCUT2D eigenvalue weighted by molar-refractivity contribution is 6.31. The summed E-state index contributed by atoms with van der Waals surface area (Å²) in [6.07, 6.45) is 0.793. The molecule has 1 aromatic rings. The molecule has 0 unspecified atom stereocenters. The van der Waals surface area contributed by atoms with E-state index in [9.17, 15) is 4.79 Å². The third-order valence-corrected chi connectivity index (χ3v) is 2.84. The van der Waals surface area contributed by atoms with E-state index in [-0.39, 0.29) is 5.69 Å². The molecule has 2 N–H and O–H groups in total. The molecule has 5 heteroatoms. The molecular weight excluding hydrogens is 216 g/mol. The molecule has 2 rings (SSSR count). The molecule has 1 atom stereocenters. The molecular formula is C10H11ClN2O2. The van der Waals surface area contributed by atoms with Crippen molar-refractivity contribution in [1.29, 1.82) is 0 Å². The second-order valence-corrected chi connectivity index (χ2v) is 4.11. The van der Waals surface area contributed by atoms with Crippen molar-refractivity contribution in [1.82, 2.24) is 10.3 Å². The van der Waals surface area contributed by atoms with E-state index in [2.05, 4.69) is 17.2 Å². The number of hydrogen-bond donors (Lipinski definition) is 2. The molecule has 0 saturated heterocycles. The fraction of sp³-hybridized carbons (Fsp3) is 0.400. The molecule has 0 bridgehead atoms. The van der Waals surface area contributed by atoms with E-state index in [0.717, 1.165) is 17.7 Å². The fourth-order valence-electron chi connectivity index (χ4n) is 1.71. The van der Waals surface area contributed by atoms with E-state index in [1.54, 1.807) is 0 Å². The molecule has 80 valence electrons. The first kappa shape index (κ1) is 10.4. The highest BCUT2D eigenvalue weighted by Crippen LogP contribution is 2.24. The summed E-state index contributed by atoms with van der Waals surface area (Å²) in [5.74, 6) is -1.04. The quantitative estimate of drug-likeness (QED) is 0.761. The number of fused-ring (bicyclic) bond motifs is 1. The van der Waals surface area contributed by atoms with Gasteiger partial charge in [-0.15, -0.1) is 0 Å². The normalized spacial score (nSPS) is 19.7. The van der Waals surface area contributed by atoms with Gasteiger partial charge in [0, 0.05) is 17.6 Å². The maximum Gasteiger partial charge on any atom is 0.354 e. The van der Waals surface area contributed by atoms with Gasteiger partial charge in [-0.05, 0) is 25.0 Å². The molecule has 1 aliphatic rings. The fourth-order valence-corrected chi connectivity index (χ4v) is 2.00. The minimum Gasteiger partial charge on any atom is -0.477 e. The maximum atomic E-state index is 10.8. The Bertz CT molecular complexity index is 420. The summed E-state index contributed by atoms with van der Waals surface area (Å²) >= 11 is 6.03. The average molecular weight is 227 g/mol. The molecule has 1 aliphatic heterocycles. The number of carboxylic acids is 1. The molecule has 0 fully saturated rings. The van der Waals surface area contributed by atoms with Crippen LogP contribution < -0.4 is 5.32 Å². The highest BCUT2D eigenvalue weighted by atomic mass is 35.5. The number of nitrogens with zero attached hydrogens (tertiary/aromatic N) is 1. The van der Waals surface area contributed by atoms with Crippen molar-refractivity contribution >= 4 is 17.6 Å². The Morgan fingerprint density at radius 3 is 3.13 bits per heavy atom. The smallest absolute Gasteiger partial charge is 0.354 e. The zero-order valence-electron chi connectivity index (χ0n) is 8.25. The van der Waals surface area contributed by atoms with Crippen LogP contribution in [0, 0.1) is 0 Å². The summed E-state index contributed by atoms with van der Waals surface area (Å²) in [6, 6.07) is 1.77. The van der Waals surface area contributed by atoms with Crippen molar-refractivity contribution < 1.29 is 9.90 Å². The Balaban J connectivity index is 2.48. The summed E-state index contributed by atoms with van der Waals surface area (Å²) < 4.78 is 0. The molecule has 0 saturated carbocycles. The molecule has 15 heavy (non-hydrogen) atoms. The van der Waals surface area contributed by atoms with E-state index in [4.69, 9.17) is 16.7 Å². The summed E-state index contributed by atoms with van der Waals surface area (Å²) in [7, 11) is 0. The van der Waals surface area contributed by atoms with Gasteiger partial charge in [0.15, 0.2) is 0 Å². The van der Waals surface area contributed by atoms with Gasteiger partial charge in [0.05, 0.1) is 5.69 Å². The van der Waals surface area contributed by atoms with Gasteiger partial charge < -0.3 is 10.4 Å². The van der Waals surface area contributed by atoms with Gasteiger partial charge >= 0.3 is 5.97 Å². The summed E-state index contributed by atoms with van der Waals surface area (Å²) in [4.78, 5) is 14.8. The lowest BCUT2D eigenvalue weighted by molar-refractivity contribution is 0.0690. The van der Waals surface area contributed by atoms with Crippen LogP contribution in [0.5, 0.6) is 0 Å². The van der Waals surface area contributed by atoms with E-state index in [0.29, 0.717) is 17.6 Å². The molecule has 0 aliphatic carbocycles. The van der Waals surface area contributed by atoms with E-state index in [1.807, 2.05) is 0 Å². The predicted molar refractivity (Wildman–Crippen MR) is 56.2 cm³/mol. The number of rotatable bonds is 1. The Morgan fingerprint density at radius 2 is 2.47 bits per heavy atom. The topological polar surface area (TPSA) is 62.2 Å². The van der Waals surface area contributed by atoms with Gasteiger partial charge in [0.2, 0.25) is 0 Å². The third-order valence-electron chi connectivity index (χ3n) is 2.50. The Kier molecular flexibility index (Phi) is 2.63. The first-order chi connectivity index (χ1) is 7.08. The number of nitrogens with one attached hydrogen (secondary N) is 1. The van der Waals surface area contributed by atoms with Crippen LogP contribution in [0.15, 0.2) is 6.07 Å². The van der Waals surface area contributed by atoms with Crippen molar-refractivity contribution in [3.63, 3.8) is 0 Å². The summed E-state index contributed by atoms with van der Waals surface area (Å²) in [6.45, 7) is 2.64. The summed E-state index contributed by atoms with van der Waals surface area (Å²) in [5, 5.41) is 12.5. The number of carboxylic acid groups (broad SMARTS) is 1. The maximum absolute atomic E-state index is 10.8. The van der Waals surface area contributed by atoms with Gasteiger partial charge in [-0.1, -0.05) is 11.6 Å². The number of hydrogen-bond acceptors (Lipinski definition) is 3. The number of carbonyl (C=O) groups is 1. The second kappa shape index (κ2) is 3.79. The van der Waals surface area contributed by atoms with Crippen LogP contribution >= 0.6 is 11.6 Å². The number of pyridine rings is 1. The predicted octanol–water partition coefficient (Wildman–Crippen LogP) is 1.47. The molecule has 0 aromatic carbocycles. The van der Waals surface area contributed by atoms with Crippen LogP contribution in [0.3, 0.4) is 0 Å². The lowest BCUT2D eigenvalue weighted by Gasteiger charge is -2.23. The van der Waals surface area contributed by atoms with Gasteiger partial charge in [-0.25, -0.2) is 9.78 Å². The largest absolute Gasteiger partial charge is 0.477 e. The Hall–Kier alpha value is -1.13. The average Bonchev–Trinajstić information content (AvgIpc) is 2.18. The number of aromatic carboxylic acids is 1. The zero-order chi connectivity index (χ0) is 11.0. The monoisotopic (exact) mass is 226 g/mol. The van der Waals surface area contributed by atoms with Gasteiger partial charge in [-0.3, -0.25) is 0 Å². The second-order valence-electron chi connectivity index (χ2n) is 3.71. The van der Waals surface area contributed by atoms with Crippen molar-refractivity contribution in [2.75, 3.05) is 0 Å². The first-order valence-corrected chi connectivity index (χ1v) is 5.10. The highest BCUT2D eigenvalue weighted by Gasteiger charge is 2.20. The van der Waals surface area contributed by atoms with Crippen molar-refractivity contribution in [3.8, 4) is 0 Å². The van der Waals surface area contributed by atoms with Crippen molar-refractivity contribution in [2.45, 2.75) is 25.9 Å².